The number of hydrogen-bond acceptors (Lipinski definition) is 11. The van der Waals surface area contributed by atoms with Crippen LogP contribution in [0.4, 0.5) is 0 Å². The molecule has 11 heteroatoms. The highest BCUT2D eigenvalue weighted by atomic mass is 16.6. The Morgan fingerprint density at radius 2 is 1.13 bits per heavy atom. The molecule has 0 aliphatic heterocycles. The van der Waals surface area contributed by atoms with Gasteiger partial charge in [0.2, 0.25) is 12.1 Å². The van der Waals surface area contributed by atoms with Crippen LogP contribution in [0.15, 0.2) is 4.99 Å². The molecule has 0 saturated carbocycles. The second kappa shape index (κ2) is 13.0. The van der Waals surface area contributed by atoms with Crippen LogP contribution in [0, 0.1) is 0 Å². The largest absolute Gasteiger partial charge is 0.487 e. The van der Waals surface area contributed by atoms with E-state index in [-0.39, 0.29) is 0 Å². The highest BCUT2D eigenvalue weighted by molar-refractivity contribution is 6.00. The molecular weight excluding hydrogens is 316 g/mol. The van der Waals surface area contributed by atoms with Crippen molar-refractivity contribution >= 4 is 30.3 Å². The first kappa shape index (κ1) is 22.6. The lowest BCUT2D eigenvalue weighted by atomic mass is 10.3. The first-order valence-corrected chi connectivity index (χ1v) is 5.91. The van der Waals surface area contributed by atoms with Crippen LogP contribution in [0.25, 0.3) is 0 Å². The first-order chi connectivity index (χ1) is 10.8. The lowest BCUT2D eigenvalue weighted by Gasteiger charge is -2.06. The lowest BCUT2D eigenvalue weighted by Crippen LogP contribution is -2.40. The number of ether oxygens (including phenoxy) is 5. The predicted molar refractivity (Wildman–Crippen MR) is 75.3 cm³/mol. The van der Waals surface area contributed by atoms with E-state index in [0.29, 0.717) is 0 Å². The van der Waals surface area contributed by atoms with Gasteiger partial charge >= 0.3 is 23.9 Å². The Labute approximate surface area is 132 Å². The summed E-state index contributed by atoms with van der Waals surface area (Å²) in [7, 11) is 5.94. The molecule has 0 radical (unpaired) electrons. The Morgan fingerprint density at radius 3 is 1.39 bits per heavy atom. The van der Waals surface area contributed by atoms with Crippen molar-refractivity contribution in [1.82, 2.24) is 0 Å². The zero-order valence-corrected chi connectivity index (χ0v) is 13.4. The predicted octanol–water partition coefficient (Wildman–Crippen LogP) is -1.96. The minimum atomic E-state index is -1.32. The Hall–Kier alpha value is -2.69. The van der Waals surface area contributed by atoms with Crippen molar-refractivity contribution in [2.75, 3.05) is 35.5 Å². The van der Waals surface area contributed by atoms with E-state index >= 15 is 0 Å². The molecule has 0 aliphatic carbocycles. The Bertz CT molecular complexity index is 404. The van der Waals surface area contributed by atoms with Crippen molar-refractivity contribution in [3.8, 4) is 0 Å². The van der Waals surface area contributed by atoms with Crippen LogP contribution in [0.2, 0.25) is 0 Å². The summed E-state index contributed by atoms with van der Waals surface area (Å²) in [5.74, 6) is -3.18. The van der Waals surface area contributed by atoms with Crippen LogP contribution in [0.5, 0.6) is 0 Å². The topological polar surface area (TPSA) is 153 Å². The average molecular weight is 336 g/mol. The van der Waals surface area contributed by atoms with Crippen LogP contribution < -0.4 is 5.73 Å². The SMILES string of the molecule is COC(=O)C(N)C(=O)OC.COC=NC(C(=O)OC)C(=O)OC. The van der Waals surface area contributed by atoms with Gasteiger partial charge < -0.3 is 29.4 Å². The molecule has 0 aliphatic rings. The molecule has 0 rings (SSSR count). The zero-order valence-electron chi connectivity index (χ0n) is 13.4. The number of carbonyl (C=O) groups is 4. The summed E-state index contributed by atoms with van der Waals surface area (Å²) in [6.07, 6.45) is 0.971. The number of hydrogen-bond donors (Lipinski definition) is 1. The van der Waals surface area contributed by atoms with Crippen molar-refractivity contribution in [2.24, 2.45) is 10.7 Å². The van der Waals surface area contributed by atoms with Crippen molar-refractivity contribution in [3.63, 3.8) is 0 Å². The zero-order chi connectivity index (χ0) is 18.4. The normalized spacial score (nSPS) is 9.74. The Kier molecular flexibility index (Phi) is 12.8. The molecule has 0 heterocycles. The highest BCUT2D eigenvalue weighted by Crippen LogP contribution is 1.96. The Morgan fingerprint density at radius 1 is 0.783 bits per heavy atom. The maximum atomic E-state index is 10.9. The van der Waals surface area contributed by atoms with Crippen molar-refractivity contribution in [1.29, 1.82) is 0 Å². The van der Waals surface area contributed by atoms with Gasteiger partial charge in [0.05, 0.1) is 35.5 Å². The molecule has 0 aromatic carbocycles. The number of nitrogens with two attached hydrogens (primary N) is 1. The van der Waals surface area contributed by atoms with E-state index in [1.54, 1.807) is 0 Å². The maximum Gasteiger partial charge on any atom is 0.342 e. The summed E-state index contributed by atoms with van der Waals surface area (Å²) >= 11 is 0. The standard InChI is InChI=1S/C7H11NO5.C5H9NO4/c1-11-4-8-5(6(9)12-2)7(10)13-3;1-9-4(7)3(6)5(8)10-2/h4-5H,1-3H3;3H,6H2,1-2H3. The van der Waals surface area contributed by atoms with Gasteiger partial charge in [0.25, 0.3) is 0 Å². The first-order valence-electron chi connectivity index (χ1n) is 5.91. The molecule has 0 fully saturated rings. The number of methoxy groups -OCH3 is 5. The van der Waals surface area contributed by atoms with Gasteiger partial charge in [-0.25, -0.2) is 24.2 Å². The van der Waals surface area contributed by atoms with E-state index < -0.39 is 36.0 Å². The second-order valence-electron chi connectivity index (χ2n) is 3.46. The number of aliphatic imine (C=N–C) groups is 1. The minimum Gasteiger partial charge on any atom is -0.487 e. The van der Waals surface area contributed by atoms with Gasteiger partial charge in [0.1, 0.15) is 0 Å². The second-order valence-corrected chi connectivity index (χ2v) is 3.46. The van der Waals surface area contributed by atoms with E-state index in [1.165, 1.54) is 7.11 Å². The fourth-order valence-electron chi connectivity index (χ4n) is 0.913. The molecule has 2 N–H and O–H groups in total. The van der Waals surface area contributed by atoms with Gasteiger partial charge in [-0.15, -0.1) is 0 Å². The summed E-state index contributed by atoms with van der Waals surface area (Å²) in [4.78, 5) is 46.3. The van der Waals surface area contributed by atoms with Crippen LogP contribution >= 0.6 is 0 Å². The molecule has 11 nitrogen and oxygen atoms in total. The van der Waals surface area contributed by atoms with E-state index in [1.807, 2.05) is 0 Å². The van der Waals surface area contributed by atoms with Crippen molar-refractivity contribution in [3.05, 3.63) is 0 Å². The third-order valence-electron chi connectivity index (χ3n) is 2.07. The monoisotopic (exact) mass is 336 g/mol. The summed E-state index contributed by atoms with van der Waals surface area (Å²) in [6.45, 7) is 0. The molecule has 0 unspecified atom stereocenters. The van der Waals surface area contributed by atoms with E-state index in [2.05, 4.69) is 28.7 Å². The fraction of sp³-hybridized carbons (Fsp3) is 0.583. The van der Waals surface area contributed by atoms with Gasteiger partial charge in [-0.2, -0.15) is 0 Å². The third kappa shape index (κ3) is 9.03. The number of nitrogens with zero attached hydrogens (tertiary/aromatic N) is 1. The smallest absolute Gasteiger partial charge is 0.342 e. The van der Waals surface area contributed by atoms with E-state index in [4.69, 9.17) is 5.73 Å². The summed E-state index contributed by atoms with van der Waals surface area (Å²) < 4.78 is 21.4. The van der Waals surface area contributed by atoms with Crippen LogP contribution in [-0.2, 0) is 42.9 Å². The maximum absolute atomic E-state index is 10.9. The molecule has 0 amide bonds. The highest BCUT2D eigenvalue weighted by Gasteiger charge is 2.27. The minimum absolute atomic E-state index is 0.792. The molecule has 0 spiro atoms. The van der Waals surface area contributed by atoms with E-state index in [9.17, 15) is 19.2 Å². The van der Waals surface area contributed by atoms with Gasteiger partial charge in [-0.3, -0.25) is 0 Å². The van der Waals surface area contributed by atoms with E-state index in [0.717, 1.165) is 34.8 Å². The summed E-state index contributed by atoms with van der Waals surface area (Å²) in [6, 6.07) is -2.63. The lowest BCUT2D eigenvalue weighted by molar-refractivity contribution is -0.155. The molecule has 23 heavy (non-hydrogen) atoms. The fourth-order valence-corrected chi connectivity index (χ4v) is 0.913. The molecule has 0 saturated heterocycles. The number of rotatable bonds is 6. The third-order valence-corrected chi connectivity index (χ3v) is 2.07. The van der Waals surface area contributed by atoms with Gasteiger partial charge in [0, 0.05) is 0 Å². The van der Waals surface area contributed by atoms with Gasteiger partial charge in [-0.05, 0) is 0 Å². The Balaban J connectivity index is 0. The molecular formula is C12H20N2O9. The van der Waals surface area contributed by atoms with Gasteiger partial charge in [0.15, 0.2) is 6.40 Å². The molecule has 0 aromatic rings. The van der Waals surface area contributed by atoms with Crippen LogP contribution in [0.1, 0.15) is 0 Å². The molecule has 132 valence electrons. The average Bonchev–Trinajstić information content (AvgIpc) is 2.59. The molecule has 0 aromatic heterocycles. The van der Waals surface area contributed by atoms with Gasteiger partial charge in [-0.1, -0.05) is 0 Å². The quantitative estimate of drug-likeness (QED) is 0.190. The summed E-state index contributed by atoms with van der Waals surface area (Å²) in [5, 5.41) is 0. The number of esters is 4. The molecule has 0 atom stereocenters. The van der Waals surface area contributed by atoms with Crippen molar-refractivity contribution in [2.45, 2.75) is 12.1 Å². The van der Waals surface area contributed by atoms with Crippen molar-refractivity contribution < 1.29 is 42.9 Å². The number of carbonyl (C=O) groups excluding carboxylic acids is 4. The van der Waals surface area contributed by atoms with Crippen LogP contribution in [0.3, 0.4) is 0 Å². The molecule has 0 bridgehead atoms. The summed E-state index contributed by atoms with van der Waals surface area (Å²) in [5.41, 5.74) is 5.03. The van der Waals surface area contributed by atoms with Crippen LogP contribution in [-0.4, -0.2) is 77.9 Å².